The average Bonchev–Trinajstić information content (AvgIpc) is 3.46. The second-order valence-corrected chi connectivity index (χ2v) is 20.2. The second-order valence-electron chi connectivity index (χ2n) is 20.2. The maximum absolute atomic E-state index is 12.9. The number of hydrogen-bond acceptors (Lipinski definition) is 6. The van der Waals surface area contributed by atoms with Crippen LogP contribution in [0.2, 0.25) is 0 Å². The van der Waals surface area contributed by atoms with Crippen molar-refractivity contribution in [3.63, 3.8) is 0 Å². The molecule has 0 amide bonds. The van der Waals surface area contributed by atoms with Gasteiger partial charge in [-0.05, 0) is 161 Å². The van der Waals surface area contributed by atoms with E-state index in [4.69, 9.17) is 14.2 Å². The zero-order valence-electron chi connectivity index (χ0n) is 51.5. The minimum absolute atomic E-state index is 0.128. The number of ether oxygens (including phenoxy) is 3. The smallest absolute Gasteiger partial charge is 0.306 e. The van der Waals surface area contributed by atoms with E-state index in [9.17, 15) is 14.4 Å². The molecule has 0 saturated heterocycles. The number of unbranched alkanes of at least 4 members (excludes halogenated alkanes) is 12. The highest BCUT2D eigenvalue weighted by molar-refractivity contribution is 5.71. The molecule has 0 N–H and O–H groups in total. The fraction of sp³-hybridized carbons (Fsp3) is 0.533. The van der Waals surface area contributed by atoms with Crippen molar-refractivity contribution >= 4 is 17.9 Å². The molecule has 6 heteroatoms. The first-order valence-electron chi connectivity index (χ1n) is 31.9. The lowest BCUT2D eigenvalue weighted by Crippen LogP contribution is -2.30. The molecular formula is C75H114O6. The molecular weight excluding hydrogens is 997 g/mol. The van der Waals surface area contributed by atoms with Crippen molar-refractivity contribution in [2.45, 2.75) is 245 Å². The molecule has 0 aromatic rings. The summed E-state index contributed by atoms with van der Waals surface area (Å²) in [6.45, 7) is 6.28. The van der Waals surface area contributed by atoms with Gasteiger partial charge in [0.15, 0.2) is 6.10 Å². The predicted molar refractivity (Wildman–Crippen MR) is 352 cm³/mol. The fourth-order valence-electron chi connectivity index (χ4n) is 7.85. The van der Waals surface area contributed by atoms with Crippen molar-refractivity contribution in [3.05, 3.63) is 194 Å². The summed E-state index contributed by atoms with van der Waals surface area (Å²) >= 11 is 0. The first-order valence-corrected chi connectivity index (χ1v) is 31.9. The van der Waals surface area contributed by atoms with Gasteiger partial charge < -0.3 is 14.2 Å². The van der Waals surface area contributed by atoms with Crippen LogP contribution < -0.4 is 0 Å². The maximum atomic E-state index is 12.9. The molecule has 450 valence electrons. The van der Waals surface area contributed by atoms with Gasteiger partial charge in [0, 0.05) is 19.3 Å². The Labute approximate surface area is 497 Å². The molecule has 81 heavy (non-hydrogen) atoms. The summed E-state index contributed by atoms with van der Waals surface area (Å²) in [6.07, 6.45) is 102. The van der Waals surface area contributed by atoms with Gasteiger partial charge in [-0.2, -0.15) is 0 Å². The van der Waals surface area contributed by atoms with Crippen LogP contribution in [0.5, 0.6) is 0 Å². The Hall–Kier alpha value is -5.75. The lowest BCUT2D eigenvalue weighted by molar-refractivity contribution is -0.167. The number of esters is 3. The fourth-order valence-corrected chi connectivity index (χ4v) is 7.85. The van der Waals surface area contributed by atoms with Gasteiger partial charge in [0.05, 0.1) is 0 Å². The van der Waals surface area contributed by atoms with Crippen LogP contribution in [0, 0.1) is 0 Å². The SMILES string of the molecule is CC/C=C\C/C=C\C/C=C\C/C=C\C/C=C\C/C=C\C/C=C\C/C=C\C/C=C\C/C=C\CCCCC(=O)OCC(COC(=O)CCCCCCC/C=C\CCCCCC)OC(=O)CCC/C=C\C/C=C\C/C=C\C/C=C\C/C=C\CC. The summed E-state index contributed by atoms with van der Waals surface area (Å²) < 4.78 is 16.8. The topological polar surface area (TPSA) is 78.9 Å². The molecule has 0 aromatic carbocycles. The highest BCUT2D eigenvalue weighted by Gasteiger charge is 2.19. The molecule has 0 aliphatic rings. The van der Waals surface area contributed by atoms with Crippen LogP contribution in [-0.4, -0.2) is 37.2 Å². The minimum Gasteiger partial charge on any atom is -0.462 e. The van der Waals surface area contributed by atoms with Crippen LogP contribution in [-0.2, 0) is 28.6 Å². The normalized spacial score (nSPS) is 13.5. The number of rotatable bonds is 55. The van der Waals surface area contributed by atoms with Gasteiger partial charge in [0.2, 0.25) is 0 Å². The summed E-state index contributed by atoms with van der Waals surface area (Å²) in [5.74, 6) is -1.05. The minimum atomic E-state index is -0.841. The van der Waals surface area contributed by atoms with Crippen molar-refractivity contribution in [2.75, 3.05) is 13.2 Å². The quantitative estimate of drug-likeness (QED) is 0.0261. The van der Waals surface area contributed by atoms with E-state index in [0.717, 1.165) is 148 Å². The Morgan fingerprint density at radius 3 is 0.827 bits per heavy atom. The van der Waals surface area contributed by atoms with E-state index >= 15 is 0 Å². The van der Waals surface area contributed by atoms with Crippen LogP contribution in [0.25, 0.3) is 0 Å². The third kappa shape index (κ3) is 64.9. The molecule has 0 radical (unpaired) electrons. The lowest BCUT2D eigenvalue weighted by Gasteiger charge is -2.18. The van der Waals surface area contributed by atoms with E-state index in [1.807, 2.05) is 0 Å². The Morgan fingerprint density at radius 1 is 0.259 bits per heavy atom. The molecule has 0 fully saturated rings. The second kappa shape index (κ2) is 66.8. The van der Waals surface area contributed by atoms with Crippen LogP contribution >= 0.6 is 0 Å². The Morgan fingerprint density at radius 2 is 0.494 bits per heavy atom. The summed E-state index contributed by atoms with van der Waals surface area (Å²) in [7, 11) is 0. The van der Waals surface area contributed by atoms with Crippen molar-refractivity contribution in [1.82, 2.24) is 0 Å². The molecule has 0 aliphatic heterocycles. The van der Waals surface area contributed by atoms with Crippen molar-refractivity contribution in [3.8, 4) is 0 Å². The highest BCUT2D eigenvalue weighted by atomic mass is 16.6. The highest BCUT2D eigenvalue weighted by Crippen LogP contribution is 2.12. The van der Waals surface area contributed by atoms with Crippen LogP contribution in [0.1, 0.15) is 239 Å². The van der Waals surface area contributed by atoms with Crippen molar-refractivity contribution in [2.24, 2.45) is 0 Å². The zero-order valence-corrected chi connectivity index (χ0v) is 51.5. The molecule has 6 nitrogen and oxygen atoms in total. The van der Waals surface area contributed by atoms with Gasteiger partial charge in [-0.25, -0.2) is 0 Å². The number of hydrogen-bond donors (Lipinski definition) is 0. The Balaban J connectivity index is 4.48. The predicted octanol–water partition coefficient (Wildman–Crippen LogP) is 22.2. The van der Waals surface area contributed by atoms with Crippen molar-refractivity contribution < 1.29 is 28.6 Å². The van der Waals surface area contributed by atoms with E-state index in [1.54, 1.807) is 0 Å². The molecule has 0 aromatic heterocycles. The van der Waals surface area contributed by atoms with Crippen LogP contribution in [0.3, 0.4) is 0 Å². The zero-order chi connectivity index (χ0) is 58.5. The Kier molecular flexibility index (Phi) is 62.0. The average molecular weight is 1110 g/mol. The van der Waals surface area contributed by atoms with Crippen molar-refractivity contribution in [1.29, 1.82) is 0 Å². The first kappa shape index (κ1) is 75.2. The number of carbonyl (C=O) groups is 3. The van der Waals surface area contributed by atoms with Crippen LogP contribution in [0.4, 0.5) is 0 Å². The lowest BCUT2D eigenvalue weighted by atomic mass is 10.1. The van der Waals surface area contributed by atoms with Gasteiger partial charge >= 0.3 is 17.9 Å². The third-order valence-electron chi connectivity index (χ3n) is 12.6. The summed E-state index contributed by atoms with van der Waals surface area (Å²) in [6, 6.07) is 0. The van der Waals surface area contributed by atoms with Crippen LogP contribution in [0.15, 0.2) is 194 Å². The molecule has 0 aliphatic carbocycles. The monoisotopic (exact) mass is 1110 g/mol. The van der Waals surface area contributed by atoms with E-state index in [0.29, 0.717) is 19.3 Å². The Bertz CT molecular complexity index is 1950. The molecule has 0 spiro atoms. The molecule has 1 unspecified atom stereocenters. The summed E-state index contributed by atoms with van der Waals surface area (Å²) in [5.41, 5.74) is 0. The molecule has 0 heterocycles. The van der Waals surface area contributed by atoms with Gasteiger partial charge in [0.1, 0.15) is 13.2 Å². The molecule has 1 atom stereocenters. The molecule has 0 saturated carbocycles. The van der Waals surface area contributed by atoms with Gasteiger partial charge in [0.25, 0.3) is 0 Å². The summed E-state index contributed by atoms with van der Waals surface area (Å²) in [4.78, 5) is 38.2. The van der Waals surface area contributed by atoms with E-state index in [2.05, 4.69) is 215 Å². The standard InChI is InChI=1S/C75H114O6/c1-4-7-10-13-16-19-22-25-27-29-30-31-32-33-34-35-36-37-38-39-40-41-42-43-44-46-47-50-53-56-59-62-65-68-74(77)80-71-72(70-79-73(76)67-64-61-58-55-52-49-24-21-18-15-12-9-6-3)81-75(78)69-66-63-60-57-54-51-48-45-28-26-23-20-17-14-11-8-5-2/h7-8,10-11,16-17,19-21,24-28,30-31,33-34,36-37,39-40,42-43,46-48,51,53,56-57,60,72H,4-6,9,12-15,18,22-23,29,32,35,38,41,44-45,49-50,52,54-55,58-59,61-71H2,1-3H3/b10-7-,11-8-,19-16-,20-17-,24-21-,27-25-,28-26-,31-30-,34-33-,37-36-,40-39-,43-42-,47-46-,51-48-,56-53-,60-57-. The summed E-state index contributed by atoms with van der Waals surface area (Å²) in [5, 5.41) is 0. The molecule has 0 rings (SSSR count). The largest absolute Gasteiger partial charge is 0.462 e. The van der Waals surface area contributed by atoms with Gasteiger partial charge in [-0.1, -0.05) is 254 Å². The van der Waals surface area contributed by atoms with Gasteiger partial charge in [-0.15, -0.1) is 0 Å². The van der Waals surface area contributed by atoms with E-state index in [-0.39, 0.29) is 44.0 Å². The van der Waals surface area contributed by atoms with Gasteiger partial charge in [-0.3, -0.25) is 14.4 Å². The first-order chi connectivity index (χ1) is 40.0. The third-order valence-corrected chi connectivity index (χ3v) is 12.6. The maximum Gasteiger partial charge on any atom is 0.306 e. The van der Waals surface area contributed by atoms with E-state index < -0.39 is 6.10 Å². The molecule has 0 bridgehead atoms. The van der Waals surface area contributed by atoms with E-state index in [1.165, 1.54) is 38.5 Å². The number of allylic oxidation sites excluding steroid dienone is 32. The number of carbonyl (C=O) groups excluding carboxylic acids is 3.